The van der Waals surface area contributed by atoms with Crippen LogP contribution in [0.3, 0.4) is 0 Å². The van der Waals surface area contributed by atoms with Gasteiger partial charge in [-0.2, -0.15) is 17.5 Å². The third-order valence-electron chi connectivity index (χ3n) is 4.65. The number of nitrogens with one attached hydrogen (secondary N) is 2. The molecule has 0 aliphatic carbocycles. The zero-order valence-corrected chi connectivity index (χ0v) is 17.6. The van der Waals surface area contributed by atoms with Crippen LogP contribution in [0.15, 0.2) is 53.4 Å². The predicted octanol–water partition coefficient (Wildman–Crippen LogP) is 3.26. The van der Waals surface area contributed by atoms with Gasteiger partial charge >= 0.3 is 6.18 Å². The molecule has 2 atom stereocenters. The van der Waals surface area contributed by atoms with Crippen molar-refractivity contribution in [2.24, 2.45) is 0 Å². The Morgan fingerprint density at radius 2 is 1.68 bits per heavy atom. The number of hydrogen-bond donors (Lipinski definition) is 2. The number of hydrogen-bond acceptors (Lipinski definition) is 5. The number of nitrogens with zero attached hydrogens (tertiary/aromatic N) is 1. The lowest BCUT2D eigenvalue weighted by Gasteiger charge is -2.34. The van der Waals surface area contributed by atoms with Crippen LogP contribution in [0.25, 0.3) is 0 Å². The van der Waals surface area contributed by atoms with Crippen molar-refractivity contribution >= 4 is 21.6 Å². The lowest BCUT2D eigenvalue weighted by Crippen LogP contribution is -2.48. The molecule has 1 heterocycles. The third kappa shape index (κ3) is 5.54. The van der Waals surface area contributed by atoms with E-state index in [1.165, 1.54) is 40.7 Å². The van der Waals surface area contributed by atoms with Gasteiger partial charge in [0.1, 0.15) is 0 Å². The molecule has 0 aromatic heterocycles. The molecule has 1 aliphatic rings. The van der Waals surface area contributed by atoms with Crippen molar-refractivity contribution in [3.63, 3.8) is 0 Å². The van der Waals surface area contributed by atoms with E-state index >= 15 is 0 Å². The van der Waals surface area contributed by atoms with Crippen LogP contribution in [0.5, 0.6) is 0 Å². The Hall–Kier alpha value is -2.63. The molecule has 0 spiro atoms. The highest BCUT2D eigenvalue weighted by Crippen LogP contribution is 2.30. The first-order valence-corrected chi connectivity index (χ1v) is 10.9. The van der Waals surface area contributed by atoms with Gasteiger partial charge in [0.25, 0.3) is 5.91 Å². The average Bonchev–Trinajstić information content (AvgIpc) is 2.71. The zero-order valence-electron chi connectivity index (χ0n) is 16.8. The van der Waals surface area contributed by atoms with Crippen LogP contribution in [-0.4, -0.2) is 43.9 Å². The Balaban J connectivity index is 1.66. The number of ether oxygens (including phenoxy) is 1. The molecule has 1 saturated heterocycles. The molecule has 2 aromatic carbocycles. The molecule has 3 rings (SSSR count). The molecule has 2 unspecified atom stereocenters. The van der Waals surface area contributed by atoms with Gasteiger partial charge in [-0.15, -0.1) is 0 Å². The first-order valence-electron chi connectivity index (χ1n) is 9.46. The van der Waals surface area contributed by atoms with E-state index in [2.05, 4.69) is 10.9 Å². The second-order valence-electron chi connectivity index (χ2n) is 7.26. The monoisotopic (exact) mass is 457 g/mol. The van der Waals surface area contributed by atoms with E-state index in [1.807, 2.05) is 0 Å². The summed E-state index contributed by atoms with van der Waals surface area (Å²) in [7, 11) is -3.74. The van der Waals surface area contributed by atoms with Crippen molar-refractivity contribution in [1.82, 2.24) is 9.73 Å². The van der Waals surface area contributed by atoms with Crippen LogP contribution in [0.2, 0.25) is 0 Å². The van der Waals surface area contributed by atoms with Crippen molar-refractivity contribution in [1.29, 1.82) is 0 Å². The van der Waals surface area contributed by atoms with E-state index in [4.69, 9.17) is 4.74 Å². The second-order valence-corrected chi connectivity index (χ2v) is 9.20. The Labute approximate surface area is 178 Å². The molecule has 7 nitrogen and oxygen atoms in total. The summed E-state index contributed by atoms with van der Waals surface area (Å²) in [6.07, 6.45) is -4.96. The van der Waals surface area contributed by atoms with E-state index in [0.717, 1.165) is 12.1 Å². The number of carbonyl (C=O) groups is 1. The number of halogens is 3. The summed E-state index contributed by atoms with van der Waals surface area (Å²) < 4.78 is 70.9. The average molecular weight is 457 g/mol. The van der Waals surface area contributed by atoms with Crippen LogP contribution in [-0.2, 0) is 20.9 Å². The zero-order chi connectivity index (χ0) is 22.8. The molecule has 1 amide bonds. The van der Waals surface area contributed by atoms with Gasteiger partial charge < -0.3 is 4.74 Å². The maximum atomic E-state index is 12.8. The number of anilines is 1. The first kappa shape index (κ1) is 23.0. The summed E-state index contributed by atoms with van der Waals surface area (Å²) in [5.41, 5.74) is 4.06. The van der Waals surface area contributed by atoms with E-state index < -0.39 is 27.7 Å². The maximum Gasteiger partial charge on any atom is 0.416 e. The number of amides is 1. The number of benzene rings is 2. The Morgan fingerprint density at radius 1 is 1.06 bits per heavy atom. The number of carbonyl (C=O) groups excluding carboxylic acids is 1. The van der Waals surface area contributed by atoms with E-state index in [-0.39, 0.29) is 41.4 Å². The van der Waals surface area contributed by atoms with E-state index in [9.17, 15) is 26.4 Å². The van der Waals surface area contributed by atoms with E-state index in [1.54, 1.807) is 13.8 Å². The summed E-state index contributed by atoms with van der Waals surface area (Å²) >= 11 is 0. The highest BCUT2D eigenvalue weighted by Gasteiger charge is 2.32. The fourth-order valence-electron chi connectivity index (χ4n) is 3.23. The smallest absolute Gasteiger partial charge is 0.373 e. The fourth-order valence-corrected chi connectivity index (χ4v) is 4.82. The van der Waals surface area contributed by atoms with Crippen LogP contribution >= 0.6 is 0 Å². The molecular weight excluding hydrogens is 435 g/mol. The van der Waals surface area contributed by atoms with Crippen LogP contribution in [0.4, 0.5) is 18.9 Å². The SMILES string of the molecule is CC1CN(S(=O)(=O)c2ccc(C(=O)NNc3cccc(C(F)(F)F)c3)cc2)CC(C)O1. The standard InChI is InChI=1S/C20H22F3N3O4S/c1-13-11-26(12-14(2)30-13)31(28,29)18-8-6-15(7-9-18)19(27)25-24-17-5-3-4-16(10-17)20(21,22)23/h3-10,13-14,24H,11-12H2,1-2H3,(H,25,27). The van der Waals surface area contributed by atoms with Gasteiger partial charge in [-0.3, -0.25) is 15.6 Å². The van der Waals surface area contributed by atoms with Gasteiger partial charge in [-0.1, -0.05) is 6.07 Å². The van der Waals surface area contributed by atoms with Crippen molar-refractivity contribution in [3.8, 4) is 0 Å². The van der Waals surface area contributed by atoms with Crippen molar-refractivity contribution in [2.75, 3.05) is 18.5 Å². The Morgan fingerprint density at radius 3 is 2.26 bits per heavy atom. The minimum absolute atomic E-state index is 0.0381. The summed E-state index contributed by atoms with van der Waals surface area (Å²) in [6.45, 7) is 4.05. The van der Waals surface area contributed by atoms with Crippen molar-refractivity contribution in [2.45, 2.75) is 37.1 Å². The highest BCUT2D eigenvalue weighted by atomic mass is 32.2. The molecule has 0 radical (unpaired) electrons. The molecule has 2 aromatic rings. The minimum atomic E-state index is -4.50. The number of morpholine rings is 1. The number of hydrazine groups is 1. The summed E-state index contributed by atoms with van der Waals surface area (Å²) in [6, 6.07) is 9.67. The minimum Gasteiger partial charge on any atom is -0.373 e. The highest BCUT2D eigenvalue weighted by molar-refractivity contribution is 7.89. The molecule has 2 N–H and O–H groups in total. The molecule has 168 valence electrons. The molecule has 0 bridgehead atoms. The van der Waals surface area contributed by atoms with Gasteiger partial charge in [-0.05, 0) is 56.3 Å². The largest absolute Gasteiger partial charge is 0.416 e. The van der Waals surface area contributed by atoms with Gasteiger partial charge in [0, 0.05) is 18.7 Å². The second kappa shape index (κ2) is 8.85. The molecule has 31 heavy (non-hydrogen) atoms. The quantitative estimate of drug-likeness (QED) is 0.673. The third-order valence-corrected chi connectivity index (χ3v) is 6.50. The van der Waals surface area contributed by atoms with E-state index in [0.29, 0.717) is 0 Å². The fraction of sp³-hybridized carbons (Fsp3) is 0.350. The van der Waals surface area contributed by atoms with Crippen LogP contribution < -0.4 is 10.9 Å². The first-order chi connectivity index (χ1) is 14.5. The number of rotatable bonds is 5. The summed E-state index contributed by atoms with van der Waals surface area (Å²) in [4.78, 5) is 12.3. The number of sulfonamides is 1. The lowest BCUT2D eigenvalue weighted by atomic mass is 10.2. The van der Waals surface area contributed by atoms with Crippen molar-refractivity contribution in [3.05, 3.63) is 59.7 Å². The Kier molecular flexibility index (Phi) is 6.58. The normalized spacial score (nSPS) is 20.3. The van der Waals surface area contributed by atoms with Crippen LogP contribution in [0, 0.1) is 0 Å². The predicted molar refractivity (Wildman–Crippen MR) is 108 cm³/mol. The molecule has 1 aliphatic heterocycles. The van der Waals surface area contributed by atoms with Gasteiger partial charge in [-0.25, -0.2) is 8.42 Å². The molecular formula is C20H22F3N3O4S. The van der Waals surface area contributed by atoms with Crippen LogP contribution in [0.1, 0.15) is 29.8 Å². The van der Waals surface area contributed by atoms with Crippen molar-refractivity contribution < 1.29 is 31.1 Å². The molecule has 1 fully saturated rings. The summed E-state index contributed by atoms with van der Waals surface area (Å²) in [5.74, 6) is -0.630. The van der Waals surface area contributed by atoms with Gasteiger partial charge in [0.05, 0.1) is 28.4 Å². The maximum absolute atomic E-state index is 12.8. The Bertz CT molecular complexity index is 1030. The topological polar surface area (TPSA) is 87.7 Å². The molecule has 0 saturated carbocycles. The van der Waals surface area contributed by atoms with Gasteiger partial charge in [0.15, 0.2) is 0 Å². The molecule has 11 heteroatoms. The summed E-state index contributed by atoms with van der Waals surface area (Å²) in [5, 5.41) is 0. The lowest BCUT2D eigenvalue weighted by molar-refractivity contribution is -0.137. The number of alkyl halides is 3. The van der Waals surface area contributed by atoms with Gasteiger partial charge in [0.2, 0.25) is 10.0 Å².